The van der Waals surface area contributed by atoms with Crippen LogP contribution in [-0.2, 0) is 0 Å². The van der Waals surface area contributed by atoms with E-state index in [1.165, 1.54) is 13.0 Å². The molecule has 2 aromatic rings. The molecule has 0 saturated heterocycles. The molecule has 0 aliphatic carbocycles. The van der Waals surface area contributed by atoms with E-state index in [9.17, 15) is 25.0 Å². The highest BCUT2D eigenvalue weighted by atomic mass is 16.6. The molecular weight excluding hydrogens is 286 g/mol. The van der Waals surface area contributed by atoms with Crippen LogP contribution in [0.1, 0.15) is 16.1 Å². The number of nitrogens with zero attached hydrogens (tertiary/aromatic N) is 5. The van der Waals surface area contributed by atoms with Gasteiger partial charge in [-0.3, -0.25) is 20.2 Å². The van der Waals surface area contributed by atoms with E-state index >= 15 is 0 Å². The Bertz CT molecular complexity index is 736. The summed E-state index contributed by atoms with van der Waals surface area (Å²) in [6.07, 6.45) is 1.86. The van der Waals surface area contributed by atoms with Gasteiger partial charge >= 0.3 is 11.7 Å². The Hall–Kier alpha value is -3.37. The zero-order chi connectivity index (χ0) is 15.7. The summed E-state index contributed by atoms with van der Waals surface area (Å²) in [6, 6.07) is 1.28. The van der Waals surface area contributed by atoms with E-state index in [2.05, 4.69) is 10.1 Å². The zero-order valence-electron chi connectivity index (χ0n) is 10.5. The van der Waals surface area contributed by atoms with E-state index in [1.807, 2.05) is 0 Å². The quantitative estimate of drug-likeness (QED) is 0.648. The first-order chi connectivity index (χ1) is 9.81. The fourth-order valence-corrected chi connectivity index (χ4v) is 1.62. The number of nitro groups is 2. The Morgan fingerprint density at radius 3 is 2.33 bits per heavy atom. The first-order valence-corrected chi connectivity index (χ1v) is 5.40. The van der Waals surface area contributed by atoms with Gasteiger partial charge < -0.3 is 5.11 Å². The summed E-state index contributed by atoms with van der Waals surface area (Å²) in [5, 5.41) is 33.9. The van der Waals surface area contributed by atoms with Gasteiger partial charge in [0.25, 0.3) is 5.69 Å². The predicted octanol–water partition coefficient (Wildman–Crippen LogP) is 1.09. The molecular formula is C10H7N5O6. The Labute approximate surface area is 115 Å². The molecule has 0 saturated carbocycles. The summed E-state index contributed by atoms with van der Waals surface area (Å²) in [7, 11) is 0. The van der Waals surface area contributed by atoms with Crippen molar-refractivity contribution in [3.8, 4) is 5.82 Å². The van der Waals surface area contributed by atoms with Crippen LogP contribution >= 0.6 is 0 Å². The van der Waals surface area contributed by atoms with Crippen molar-refractivity contribution in [2.75, 3.05) is 0 Å². The summed E-state index contributed by atoms with van der Waals surface area (Å²) in [5.74, 6) is -1.52. The third-order valence-electron chi connectivity index (χ3n) is 2.59. The van der Waals surface area contributed by atoms with E-state index in [4.69, 9.17) is 5.11 Å². The molecule has 0 amide bonds. The van der Waals surface area contributed by atoms with Crippen molar-refractivity contribution >= 4 is 17.3 Å². The maximum atomic E-state index is 10.9. The van der Waals surface area contributed by atoms with Gasteiger partial charge in [0.2, 0.25) is 5.69 Å². The van der Waals surface area contributed by atoms with Crippen molar-refractivity contribution in [2.24, 2.45) is 0 Å². The van der Waals surface area contributed by atoms with Crippen molar-refractivity contribution in [3.63, 3.8) is 0 Å². The minimum absolute atomic E-state index is 0.0358. The SMILES string of the molecule is Cc1cc(-n2cc([N+](=O)[O-])c(C(=O)O)n2)ncc1[N+](=O)[O-]. The van der Waals surface area contributed by atoms with Crippen LogP contribution in [0.3, 0.4) is 0 Å². The number of aromatic carboxylic acids is 1. The monoisotopic (exact) mass is 293 g/mol. The van der Waals surface area contributed by atoms with Crippen molar-refractivity contribution in [1.29, 1.82) is 0 Å². The van der Waals surface area contributed by atoms with Crippen LogP contribution in [0.5, 0.6) is 0 Å². The Balaban J connectivity index is 2.55. The summed E-state index contributed by atoms with van der Waals surface area (Å²) < 4.78 is 0.887. The number of carbonyl (C=O) groups is 1. The second-order valence-corrected chi connectivity index (χ2v) is 3.96. The molecule has 1 N–H and O–H groups in total. The largest absolute Gasteiger partial charge is 0.476 e. The van der Waals surface area contributed by atoms with Gasteiger partial charge in [0.05, 0.1) is 9.85 Å². The predicted molar refractivity (Wildman–Crippen MR) is 66.4 cm³/mol. The van der Waals surface area contributed by atoms with E-state index in [0.717, 1.165) is 17.1 Å². The van der Waals surface area contributed by atoms with Crippen molar-refractivity contribution in [1.82, 2.24) is 14.8 Å². The van der Waals surface area contributed by atoms with Crippen LogP contribution in [0.2, 0.25) is 0 Å². The maximum Gasteiger partial charge on any atom is 0.363 e. The number of hydrogen-bond donors (Lipinski definition) is 1. The molecule has 108 valence electrons. The maximum absolute atomic E-state index is 10.9. The van der Waals surface area contributed by atoms with E-state index in [1.54, 1.807) is 0 Å². The summed E-state index contributed by atoms with van der Waals surface area (Å²) in [6.45, 7) is 1.46. The van der Waals surface area contributed by atoms with E-state index in [0.29, 0.717) is 0 Å². The van der Waals surface area contributed by atoms with Gasteiger partial charge in [-0.2, -0.15) is 5.10 Å². The number of carboxylic acids is 1. The van der Waals surface area contributed by atoms with Crippen molar-refractivity contribution < 1.29 is 19.7 Å². The van der Waals surface area contributed by atoms with Crippen molar-refractivity contribution in [3.05, 3.63) is 49.9 Å². The van der Waals surface area contributed by atoms with Gasteiger partial charge in [-0.15, -0.1) is 0 Å². The van der Waals surface area contributed by atoms with Crippen LogP contribution in [0, 0.1) is 27.2 Å². The van der Waals surface area contributed by atoms with E-state index in [-0.39, 0.29) is 17.1 Å². The summed E-state index contributed by atoms with van der Waals surface area (Å²) in [4.78, 5) is 34.6. The van der Waals surface area contributed by atoms with Crippen LogP contribution in [0.4, 0.5) is 11.4 Å². The first kappa shape index (κ1) is 14.0. The lowest BCUT2D eigenvalue weighted by Crippen LogP contribution is -2.04. The third kappa shape index (κ3) is 2.51. The molecule has 2 rings (SSSR count). The lowest BCUT2D eigenvalue weighted by Gasteiger charge is -2.01. The third-order valence-corrected chi connectivity index (χ3v) is 2.59. The molecule has 11 heteroatoms. The number of aryl methyl sites for hydroxylation is 1. The average molecular weight is 293 g/mol. The zero-order valence-corrected chi connectivity index (χ0v) is 10.5. The number of pyridine rings is 1. The van der Waals surface area contributed by atoms with Crippen LogP contribution in [0.15, 0.2) is 18.5 Å². The van der Waals surface area contributed by atoms with Gasteiger partial charge in [0.1, 0.15) is 12.4 Å². The smallest absolute Gasteiger partial charge is 0.363 e. The number of aromatic nitrogens is 3. The fourth-order valence-electron chi connectivity index (χ4n) is 1.62. The molecule has 0 spiro atoms. The Kier molecular flexibility index (Phi) is 3.32. The van der Waals surface area contributed by atoms with Gasteiger partial charge in [0, 0.05) is 5.56 Å². The van der Waals surface area contributed by atoms with Crippen molar-refractivity contribution in [2.45, 2.75) is 6.92 Å². The molecule has 0 fully saturated rings. The molecule has 0 radical (unpaired) electrons. The molecule has 0 aromatic carbocycles. The first-order valence-electron chi connectivity index (χ1n) is 5.40. The lowest BCUT2D eigenvalue weighted by atomic mass is 10.2. The number of carboxylic acid groups (broad SMARTS) is 1. The highest BCUT2D eigenvalue weighted by Gasteiger charge is 2.26. The molecule has 2 aromatic heterocycles. The number of rotatable bonds is 4. The van der Waals surface area contributed by atoms with Gasteiger partial charge in [0.15, 0.2) is 5.82 Å². The average Bonchev–Trinajstić information content (AvgIpc) is 2.83. The molecule has 2 heterocycles. The van der Waals surface area contributed by atoms with Crippen LogP contribution < -0.4 is 0 Å². The topological polar surface area (TPSA) is 154 Å². The fraction of sp³-hybridized carbons (Fsp3) is 0.100. The molecule has 0 bridgehead atoms. The molecule has 0 unspecified atom stereocenters. The van der Waals surface area contributed by atoms with Crippen LogP contribution in [0.25, 0.3) is 5.82 Å². The molecule has 0 atom stereocenters. The number of hydrogen-bond acceptors (Lipinski definition) is 7. The summed E-state index contributed by atoms with van der Waals surface area (Å²) >= 11 is 0. The Morgan fingerprint density at radius 1 is 1.29 bits per heavy atom. The molecule has 21 heavy (non-hydrogen) atoms. The van der Waals surface area contributed by atoms with Gasteiger partial charge in [-0.1, -0.05) is 0 Å². The minimum Gasteiger partial charge on any atom is -0.476 e. The minimum atomic E-state index is -1.56. The van der Waals surface area contributed by atoms with E-state index < -0.39 is 27.2 Å². The molecule has 0 aliphatic heterocycles. The highest BCUT2D eigenvalue weighted by Crippen LogP contribution is 2.22. The van der Waals surface area contributed by atoms with Crippen LogP contribution in [-0.4, -0.2) is 35.7 Å². The second kappa shape index (κ2) is 4.96. The standard InChI is InChI=1S/C10H7N5O6/c1-5-2-8(11-3-6(5)14(18)19)13-4-7(15(20)21)9(12-13)10(16)17/h2-4H,1H3,(H,16,17). The molecule has 0 aliphatic rings. The highest BCUT2D eigenvalue weighted by molar-refractivity contribution is 5.89. The molecule has 11 nitrogen and oxygen atoms in total. The normalized spacial score (nSPS) is 10.3. The van der Waals surface area contributed by atoms with Gasteiger partial charge in [-0.05, 0) is 13.0 Å². The lowest BCUT2D eigenvalue weighted by molar-refractivity contribution is -0.385. The Morgan fingerprint density at radius 2 is 1.90 bits per heavy atom. The second-order valence-electron chi connectivity index (χ2n) is 3.96. The summed E-state index contributed by atoms with van der Waals surface area (Å²) in [5.41, 5.74) is -1.39. The van der Waals surface area contributed by atoms with Gasteiger partial charge in [-0.25, -0.2) is 14.5 Å².